The highest BCUT2D eigenvalue weighted by molar-refractivity contribution is 5.89. The van der Waals surface area contributed by atoms with Gasteiger partial charge < -0.3 is 15.1 Å². The summed E-state index contributed by atoms with van der Waals surface area (Å²) in [6.07, 6.45) is 0. The molecule has 0 bridgehead atoms. The first-order valence-electron chi connectivity index (χ1n) is 7.67. The average molecular weight is 295 g/mol. The molecule has 1 heterocycles. The van der Waals surface area contributed by atoms with Gasteiger partial charge >= 0.3 is 6.03 Å². The van der Waals surface area contributed by atoms with Crippen LogP contribution in [-0.2, 0) is 0 Å². The van der Waals surface area contributed by atoms with Crippen LogP contribution in [0.15, 0.2) is 60.7 Å². The van der Waals surface area contributed by atoms with Crippen molar-refractivity contribution < 1.29 is 4.79 Å². The van der Waals surface area contributed by atoms with Crippen LogP contribution >= 0.6 is 0 Å². The lowest BCUT2D eigenvalue weighted by Gasteiger charge is -2.41. The molecule has 3 rings (SSSR count). The fourth-order valence-corrected chi connectivity index (χ4v) is 2.87. The quantitative estimate of drug-likeness (QED) is 0.921. The summed E-state index contributed by atoms with van der Waals surface area (Å²) in [5.41, 5.74) is 2.06. The normalized spacial score (nSPS) is 18.1. The monoisotopic (exact) mass is 295 g/mol. The number of hydrogen-bond donors (Lipinski definition) is 1. The smallest absolute Gasteiger partial charge is 0.321 e. The third kappa shape index (κ3) is 3.22. The highest BCUT2D eigenvalue weighted by Gasteiger charge is 2.26. The number of carbonyl (C=O) groups excluding carboxylic acids is 1. The number of nitrogens with zero attached hydrogens (tertiary/aromatic N) is 2. The minimum absolute atomic E-state index is 0.0224. The Kier molecular flexibility index (Phi) is 4.28. The van der Waals surface area contributed by atoms with Crippen molar-refractivity contribution in [1.29, 1.82) is 0 Å². The summed E-state index contributed by atoms with van der Waals surface area (Å²) in [6, 6.07) is 20.2. The Morgan fingerprint density at radius 2 is 1.64 bits per heavy atom. The van der Waals surface area contributed by atoms with Gasteiger partial charge in [-0.3, -0.25) is 0 Å². The molecule has 0 spiro atoms. The number of carbonyl (C=O) groups is 1. The average Bonchev–Trinajstić information content (AvgIpc) is 2.56. The second-order valence-electron chi connectivity index (χ2n) is 5.62. The van der Waals surface area contributed by atoms with Gasteiger partial charge in [-0.25, -0.2) is 4.79 Å². The van der Waals surface area contributed by atoms with Crippen molar-refractivity contribution in [3.63, 3.8) is 0 Å². The van der Waals surface area contributed by atoms with Crippen LogP contribution in [-0.4, -0.2) is 36.6 Å². The summed E-state index contributed by atoms with van der Waals surface area (Å²) in [6.45, 7) is 4.48. The van der Waals surface area contributed by atoms with Gasteiger partial charge in [0, 0.05) is 37.1 Å². The predicted octanol–water partition coefficient (Wildman–Crippen LogP) is 3.43. The van der Waals surface area contributed by atoms with E-state index in [0.717, 1.165) is 25.3 Å². The van der Waals surface area contributed by atoms with E-state index in [4.69, 9.17) is 0 Å². The standard InChI is InChI=1S/C18H21N3O/c1-15-14-20(18(22)19-16-8-4-2-5-9-16)12-13-21(15)17-10-6-3-7-11-17/h2-11,15H,12-14H2,1H3,(H,19,22). The summed E-state index contributed by atoms with van der Waals surface area (Å²) in [7, 11) is 0. The maximum absolute atomic E-state index is 12.4. The van der Waals surface area contributed by atoms with Crippen molar-refractivity contribution in [2.24, 2.45) is 0 Å². The fourth-order valence-electron chi connectivity index (χ4n) is 2.87. The van der Waals surface area contributed by atoms with Gasteiger partial charge in [0.05, 0.1) is 0 Å². The Balaban J connectivity index is 1.61. The molecule has 0 saturated carbocycles. The lowest BCUT2D eigenvalue weighted by atomic mass is 10.1. The van der Waals surface area contributed by atoms with E-state index in [-0.39, 0.29) is 6.03 Å². The molecule has 4 heteroatoms. The summed E-state index contributed by atoms with van der Waals surface area (Å²) in [5, 5.41) is 2.96. The van der Waals surface area contributed by atoms with Gasteiger partial charge in [-0.2, -0.15) is 0 Å². The first-order valence-corrected chi connectivity index (χ1v) is 7.67. The maximum atomic E-state index is 12.4. The van der Waals surface area contributed by atoms with Gasteiger partial charge in [0.2, 0.25) is 0 Å². The highest BCUT2D eigenvalue weighted by atomic mass is 16.2. The molecule has 114 valence electrons. The fraction of sp³-hybridized carbons (Fsp3) is 0.278. The topological polar surface area (TPSA) is 35.6 Å². The molecule has 0 radical (unpaired) electrons. The van der Waals surface area contributed by atoms with Crippen LogP contribution in [0.2, 0.25) is 0 Å². The van der Waals surface area contributed by atoms with E-state index in [1.807, 2.05) is 41.3 Å². The van der Waals surface area contributed by atoms with Crippen LogP contribution in [0.1, 0.15) is 6.92 Å². The Bertz CT molecular complexity index is 615. The molecule has 22 heavy (non-hydrogen) atoms. The second kappa shape index (κ2) is 6.52. The summed E-state index contributed by atoms with van der Waals surface area (Å²) < 4.78 is 0. The molecule has 2 amide bonds. The predicted molar refractivity (Wildman–Crippen MR) is 90.3 cm³/mol. The van der Waals surface area contributed by atoms with Gasteiger partial charge in [0.25, 0.3) is 0 Å². The summed E-state index contributed by atoms with van der Waals surface area (Å²) >= 11 is 0. The van der Waals surface area contributed by atoms with Crippen LogP contribution in [0.25, 0.3) is 0 Å². The van der Waals surface area contributed by atoms with Crippen molar-refractivity contribution in [3.05, 3.63) is 60.7 Å². The number of rotatable bonds is 2. The molecule has 1 fully saturated rings. The van der Waals surface area contributed by atoms with Crippen molar-refractivity contribution in [1.82, 2.24) is 4.90 Å². The summed E-state index contributed by atoms with van der Waals surface area (Å²) in [4.78, 5) is 16.6. The van der Waals surface area contributed by atoms with Crippen LogP contribution in [0.4, 0.5) is 16.2 Å². The number of para-hydroxylation sites is 2. The van der Waals surface area contributed by atoms with Crippen molar-refractivity contribution in [3.8, 4) is 0 Å². The SMILES string of the molecule is CC1CN(C(=O)Nc2ccccc2)CCN1c1ccccc1. The van der Waals surface area contributed by atoms with Gasteiger partial charge in [0.15, 0.2) is 0 Å². The van der Waals surface area contributed by atoms with E-state index >= 15 is 0 Å². The molecule has 1 aliphatic rings. The van der Waals surface area contributed by atoms with Gasteiger partial charge in [-0.1, -0.05) is 36.4 Å². The number of benzene rings is 2. The number of piperazine rings is 1. The minimum atomic E-state index is -0.0224. The van der Waals surface area contributed by atoms with Gasteiger partial charge in [0.1, 0.15) is 0 Å². The lowest BCUT2D eigenvalue weighted by Crippen LogP contribution is -2.54. The van der Waals surface area contributed by atoms with Crippen LogP contribution in [0.3, 0.4) is 0 Å². The van der Waals surface area contributed by atoms with Crippen molar-refractivity contribution in [2.45, 2.75) is 13.0 Å². The summed E-state index contributed by atoms with van der Waals surface area (Å²) in [5.74, 6) is 0. The molecular weight excluding hydrogens is 274 g/mol. The van der Waals surface area contributed by atoms with E-state index in [1.54, 1.807) is 0 Å². The number of anilines is 2. The minimum Gasteiger partial charge on any atom is -0.365 e. The third-order valence-corrected chi connectivity index (χ3v) is 4.03. The maximum Gasteiger partial charge on any atom is 0.321 e. The molecule has 1 aliphatic heterocycles. The van der Waals surface area contributed by atoms with E-state index in [0.29, 0.717) is 6.04 Å². The van der Waals surface area contributed by atoms with Crippen LogP contribution < -0.4 is 10.2 Å². The Hall–Kier alpha value is -2.49. The largest absolute Gasteiger partial charge is 0.365 e. The van der Waals surface area contributed by atoms with E-state index in [9.17, 15) is 4.79 Å². The molecule has 4 nitrogen and oxygen atoms in total. The van der Waals surface area contributed by atoms with E-state index < -0.39 is 0 Å². The van der Waals surface area contributed by atoms with Crippen LogP contribution in [0, 0.1) is 0 Å². The molecule has 0 aliphatic carbocycles. The van der Waals surface area contributed by atoms with E-state index in [1.165, 1.54) is 5.69 Å². The molecule has 1 atom stereocenters. The van der Waals surface area contributed by atoms with Crippen molar-refractivity contribution in [2.75, 3.05) is 29.9 Å². The number of urea groups is 1. The highest BCUT2D eigenvalue weighted by Crippen LogP contribution is 2.20. The first kappa shape index (κ1) is 14.4. The number of nitrogens with one attached hydrogen (secondary N) is 1. The van der Waals surface area contributed by atoms with Gasteiger partial charge in [-0.05, 0) is 31.2 Å². The van der Waals surface area contributed by atoms with Gasteiger partial charge in [-0.15, -0.1) is 0 Å². The lowest BCUT2D eigenvalue weighted by molar-refractivity contribution is 0.200. The van der Waals surface area contributed by atoms with Crippen LogP contribution in [0.5, 0.6) is 0 Å². The zero-order chi connectivity index (χ0) is 15.4. The zero-order valence-corrected chi connectivity index (χ0v) is 12.8. The first-order chi connectivity index (χ1) is 10.7. The molecular formula is C18H21N3O. The molecule has 2 aromatic rings. The Labute approximate surface area is 131 Å². The van der Waals surface area contributed by atoms with E-state index in [2.05, 4.69) is 41.4 Å². The molecule has 2 aromatic carbocycles. The second-order valence-corrected chi connectivity index (χ2v) is 5.62. The number of hydrogen-bond acceptors (Lipinski definition) is 2. The Morgan fingerprint density at radius 3 is 2.27 bits per heavy atom. The van der Waals surface area contributed by atoms with Crippen molar-refractivity contribution >= 4 is 17.4 Å². The third-order valence-electron chi connectivity index (χ3n) is 4.03. The molecule has 1 saturated heterocycles. The molecule has 1 unspecified atom stereocenters. The zero-order valence-electron chi connectivity index (χ0n) is 12.8. The number of amides is 2. The Morgan fingerprint density at radius 1 is 1.00 bits per heavy atom. The molecule has 0 aromatic heterocycles. The molecule has 1 N–H and O–H groups in total.